The number of carbonyl (C=O) groups is 2. The van der Waals surface area contributed by atoms with Crippen LogP contribution in [0.4, 0.5) is 4.79 Å². The van der Waals surface area contributed by atoms with Gasteiger partial charge >= 0.3 is 6.09 Å². The zero-order valence-corrected chi connectivity index (χ0v) is 15.3. The zero-order chi connectivity index (χ0) is 18.2. The Morgan fingerprint density at radius 3 is 2.60 bits per heavy atom. The van der Waals surface area contributed by atoms with Crippen molar-refractivity contribution in [3.63, 3.8) is 0 Å². The summed E-state index contributed by atoms with van der Waals surface area (Å²) in [5, 5.41) is 5.86. The van der Waals surface area contributed by atoms with E-state index in [1.54, 1.807) is 11.9 Å². The fraction of sp³-hybridized carbons (Fsp3) is 0.526. The number of hydrogen-bond donors (Lipinski definition) is 0. The maximum atomic E-state index is 13.0. The lowest BCUT2D eigenvalue weighted by Crippen LogP contribution is -2.56. The van der Waals surface area contributed by atoms with Crippen LogP contribution < -0.4 is 0 Å². The molecule has 0 aromatic heterocycles. The molecule has 1 aromatic carbocycles. The molecule has 1 aromatic rings. The number of nitrogens with zero attached hydrogens (tertiary/aromatic N) is 3. The Kier molecular flexibility index (Phi) is 4.31. The van der Waals surface area contributed by atoms with E-state index in [1.165, 1.54) is 5.01 Å². The number of amides is 2. The van der Waals surface area contributed by atoms with Crippen LogP contribution in [-0.2, 0) is 16.0 Å². The van der Waals surface area contributed by atoms with Gasteiger partial charge in [-0.1, -0.05) is 30.3 Å². The van der Waals surface area contributed by atoms with Crippen LogP contribution in [0, 0.1) is 5.41 Å². The summed E-state index contributed by atoms with van der Waals surface area (Å²) < 4.78 is 5.51. The van der Waals surface area contributed by atoms with Crippen molar-refractivity contribution in [1.82, 2.24) is 9.91 Å². The van der Waals surface area contributed by atoms with Gasteiger partial charge in [-0.2, -0.15) is 5.10 Å². The highest BCUT2D eigenvalue weighted by atomic mass is 16.6. The molecule has 134 valence electrons. The van der Waals surface area contributed by atoms with E-state index >= 15 is 0 Å². The molecule has 0 radical (unpaired) electrons. The Labute approximate surface area is 148 Å². The van der Waals surface area contributed by atoms with E-state index in [1.807, 2.05) is 51.1 Å². The Bertz CT molecular complexity index is 708. The van der Waals surface area contributed by atoms with Crippen molar-refractivity contribution < 1.29 is 14.3 Å². The van der Waals surface area contributed by atoms with Crippen molar-refractivity contribution in [2.45, 2.75) is 39.2 Å². The van der Waals surface area contributed by atoms with E-state index in [9.17, 15) is 9.59 Å². The minimum Gasteiger partial charge on any atom is -0.444 e. The minimum atomic E-state index is -0.786. The van der Waals surface area contributed by atoms with Crippen LogP contribution >= 0.6 is 0 Å². The standard InChI is InChI=1S/C19H25N3O3/c1-18(2,3)25-17(24)22-11-10-15-19(13-22,16(23)21(4)20-15)12-14-8-6-5-7-9-14/h5-9H,10-13H2,1-4H3/t19-/m1/s1. The molecular formula is C19H25N3O3. The van der Waals surface area contributed by atoms with Gasteiger partial charge in [0.05, 0.1) is 5.71 Å². The molecule has 2 aliphatic rings. The van der Waals surface area contributed by atoms with Gasteiger partial charge in [0, 0.05) is 26.6 Å². The summed E-state index contributed by atoms with van der Waals surface area (Å²) in [6.45, 7) is 6.35. The average Bonchev–Trinajstić information content (AvgIpc) is 2.78. The van der Waals surface area contributed by atoms with E-state index in [-0.39, 0.29) is 12.0 Å². The Morgan fingerprint density at radius 1 is 1.28 bits per heavy atom. The van der Waals surface area contributed by atoms with Crippen LogP contribution in [0.1, 0.15) is 32.8 Å². The Balaban J connectivity index is 1.88. The summed E-state index contributed by atoms with van der Waals surface area (Å²) in [6.07, 6.45) is 0.749. The normalized spacial score (nSPS) is 23.4. The van der Waals surface area contributed by atoms with E-state index in [4.69, 9.17) is 4.74 Å². The third-order valence-electron chi connectivity index (χ3n) is 4.61. The van der Waals surface area contributed by atoms with Crippen LogP contribution in [0.25, 0.3) is 0 Å². The van der Waals surface area contributed by atoms with Crippen molar-refractivity contribution in [1.29, 1.82) is 0 Å². The van der Waals surface area contributed by atoms with E-state index in [2.05, 4.69) is 5.10 Å². The van der Waals surface area contributed by atoms with Crippen LogP contribution in [0.15, 0.2) is 35.4 Å². The van der Waals surface area contributed by atoms with Gasteiger partial charge in [0.1, 0.15) is 11.0 Å². The van der Waals surface area contributed by atoms with Crippen molar-refractivity contribution >= 4 is 17.7 Å². The predicted octanol–water partition coefficient (Wildman–Crippen LogP) is 2.68. The van der Waals surface area contributed by atoms with Gasteiger partial charge < -0.3 is 9.64 Å². The molecule has 1 saturated heterocycles. The highest BCUT2D eigenvalue weighted by molar-refractivity contribution is 6.13. The van der Waals surface area contributed by atoms with Gasteiger partial charge in [-0.25, -0.2) is 9.80 Å². The molecule has 3 rings (SSSR count). The second kappa shape index (κ2) is 6.17. The second-order valence-electron chi connectivity index (χ2n) is 7.77. The summed E-state index contributed by atoms with van der Waals surface area (Å²) >= 11 is 0. The third-order valence-corrected chi connectivity index (χ3v) is 4.61. The van der Waals surface area contributed by atoms with E-state index in [0.717, 1.165) is 11.3 Å². The topological polar surface area (TPSA) is 62.2 Å². The Hall–Kier alpha value is -2.37. The van der Waals surface area contributed by atoms with Crippen molar-refractivity contribution in [2.24, 2.45) is 10.5 Å². The smallest absolute Gasteiger partial charge is 0.410 e. The number of ether oxygens (including phenoxy) is 1. The molecule has 6 nitrogen and oxygen atoms in total. The predicted molar refractivity (Wildman–Crippen MR) is 95.2 cm³/mol. The van der Waals surface area contributed by atoms with E-state index < -0.39 is 11.0 Å². The molecule has 1 fully saturated rings. The van der Waals surface area contributed by atoms with Gasteiger partial charge in [0.2, 0.25) is 0 Å². The number of likely N-dealkylation sites (tertiary alicyclic amines) is 1. The molecule has 2 aliphatic heterocycles. The highest BCUT2D eigenvalue weighted by Crippen LogP contribution is 2.38. The second-order valence-corrected chi connectivity index (χ2v) is 7.77. The summed E-state index contributed by atoms with van der Waals surface area (Å²) in [7, 11) is 1.68. The molecule has 0 spiro atoms. The number of rotatable bonds is 2. The van der Waals surface area contributed by atoms with Gasteiger partial charge in [0.25, 0.3) is 5.91 Å². The largest absolute Gasteiger partial charge is 0.444 e. The van der Waals surface area contributed by atoms with Crippen LogP contribution in [-0.4, -0.2) is 53.4 Å². The van der Waals surface area contributed by atoms with Crippen LogP contribution in [0.2, 0.25) is 0 Å². The first-order valence-corrected chi connectivity index (χ1v) is 8.59. The lowest BCUT2D eigenvalue weighted by Gasteiger charge is -2.39. The fourth-order valence-corrected chi connectivity index (χ4v) is 3.51. The van der Waals surface area contributed by atoms with Gasteiger partial charge in [0.15, 0.2) is 0 Å². The van der Waals surface area contributed by atoms with Crippen molar-refractivity contribution in [3.8, 4) is 0 Å². The Morgan fingerprint density at radius 2 is 1.96 bits per heavy atom. The summed E-state index contributed by atoms with van der Waals surface area (Å²) in [6, 6.07) is 9.88. The summed E-state index contributed by atoms with van der Waals surface area (Å²) in [5.41, 5.74) is 0.577. The molecule has 1 atom stereocenters. The van der Waals surface area contributed by atoms with Gasteiger partial charge in [-0.15, -0.1) is 0 Å². The molecule has 0 aliphatic carbocycles. The third kappa shape index (κ3) is 3.38. The molecule has 0 N–H and O–H groups in total. The number of benzene rings is 1. The first-order valence-electron chi connectivity index (χ1n) is 8.59. The molecular weight excluding hydrogens is 318 g/mol. The molecule has 0 unspecified atom stereocenters. The van der Waals surface area contributed by atoms with Crippen molar-refractivity contribution in [3.05, 3.63) is 35.9 Å². The van der Waals surface area contributed by atoms with Crippen LogP contribution in [0.5, 0.6) is 0 Å². The summed E-state index contributed by atoms with van der Waals surface area (Å²) in [4.78, 5) is 27.1. The first kappa shape index (κ1) is 17.5. The fourth-order valence-electron chi connectivity index (χ4n) is 3.51. The van der Waals surface area contributed by atoms with E-state index in [0.29, 0.717) is 25.9 Å². The SMILES string of the molecule is CN1N=C2CCN(C(=O)OC(C)(C)C)C[C@@]2(Cc2ccccc2)C1=O. The zero-order valence-electron chi connectivity index (χ0n) is 15.3. The number of hydrogen-bond acceptors (Lipinski definition) is 4. The molecule has 6 heteroatoms. The first-order chi connectivity index (χ1) is 11.7. The average molecular weight is 343 g/mol. The van der Waals surface area contributed by atoms with Gasteiger partial charge in [-0.05, 0) is 32.8 Å². The molecule has 0 saturated carbocycles. The maximum absolute atomic E-state index is 13.0. The van der Waals surface area contributed by atoms with Gasteiger partial charge in [-0.3, -0.25) is 4.79 Å². The quantitative estimate of drug-likeness (QED) is 0.829. The highest BCUT2D eigenvalue weighted by Gasteiger charge is 2.53. The number of hydrazone groups is 1. The maximum Gasteiger partial charge on any atom is 0.410 e. The minimum absolute atomic E-state index is 0.0559. The van der Waals surface area contributed by atoms with Crippen molar-refractivity contribution in [2.75, 3.05) is 20.1 Å². The molecule has 25 heavy (non-hydrogen) atoms. The number of carbonyl (C=O) groups excluding carboxylic acids is 2. The monoisotopic (exact) mass is 343 g/mol. The molecule has 2 amide bonds. The summed E-state index contributed by atoms with van der Waals surface area (Å²) in [5.74, 6) is -0.0559. The lowest BCUT2D eigenvalue weighted by atomic mass is 9.73. The van der Waals surface area contributed by atoms with Crippen LogP contribution in [0.3, 0.4) is 0 Å². The molecule has 0 bridgehead atoms. The lowest BCUT2D eigenvalue weighted by molar-refractivity contribution is -0.135. The number of piperidine rings is 1. The molecule has 2 heterocycles. The number of fused-ring (bicyclic) bond motifs is 1.